The monoisotopic (exact) mass is 249 g/mol. The van der Waals surface area contributed by atoms with Gasteiger partial charge in [0.05, 0.1) is 12.2 Å². The first-order valence-electron chi connectivity index (χ1n) is 5.52. The molecule has 2 aliphatic rings. The fourth-order valence-corrected chi connectivity index (χ4v) is 3.67. The van der Waals surface area contributed by atoms with E-state index in [-0.39, 0.29) is 0 Å². The molecule has 94 valence electrons. The van der Waals surface area contributed by atoms with E-state index in [4.69, 9.17) is 22.4 Å². The van der Waals surface area contributed by atoms with Gasteiger partial charge in [-0.1, -0.05) is 0 Å². The van der Waals surface area contributed by atoms with E-state index in [1.54, 1.807) is 0 Å². The third-order valence-corrected chi connectivity index (χ3v) is 5.49. The Kier molecular flexibility index (Phi) is 3.92. The summed E-state index contributed by atoms with van der Waals surface area (Å²) in [5.41, 5.74) is 0. The first kappa shape index (κ1) is 12.4. The van der Waals surface area contributed by atoms with Crippen LogP contribution in [0.1, 0.15) is 25.7 Å². The maximum atomic E-state index is 5.46. The Balaban J connectivity index is 1.76. The van der Waals surface area contributed by atoms with E-state index in [0.29, 0.717) is 24.2 Å². The van der Waals surface area contributed by atoms with Gasteiger partial charge in [-0.25, -0.2) is 17.7 Å². The molecule has 0 bridgehead atoms. The smallest absolute Gasteiger partial charge is 0.370 e. The van der Waals surface area contributed by atoms with Crippen LogP contribution in [0.4, 0.5) is 0 Å². The second-order valence-electron chi connectivity index (χ2n) is 4.47. The quantitative estimate of drug-likeness (QED) is 0.331. The summed E-state index contributed by atoms with van der Waals surface area (Å²) >= 11 is 0. The van der Waals surface area contributed by atoms with Crippen LogP contribution in [-0.4, -0.2) is 21.0 Å². The van der Waals surface area contributed by atoms with Crippen LogP contribution >= 0.6 is 0 Å². The van der Waals surface area contributed by atoms with Gasteiger partial charge in [-0.15, -0.1) is 0 Å². The van der Waals surface area contributed by atoms with Crippen LogP contribution in [0.3, 0.4) is 0 Å². The first-order valence-corrected chi connectivity index (χ1v) is 7.45. The predicted octanol–water partition coefficient (Wildman–Crippen LogP) is -0.446. The molecule has 16 heavy (non-hydrogen) atoms. The fraction of sp³-hybridized carbons (Fsp3) is 1.00. The van der Waals surface area contributed by atoms with Crippen LogP contribution < -0.4 is 17.7 Å². The molecule has 0 aromatic carbocycles. The largest absolute Gasteiger partial charge is 0.551 e. The summed E-state index contributed by atoms with van der Waals surface area (Å²) in [6.45, 7) is 0. The van der Waals surface area contributed by atoms with E-state index < -0.39 is 8.80 Å². The SMILES string of the molecule is NO[Si](CCC1CCC2OC2C1)(ON)ON. The minimum atomic E-state index is -3.02. The van der Waals surface area contributed by atoms with Crippen molar-refractivity contribution in [2.24, 2.45) is 23.6 Å². The molecule has 0 radical (unpaired) electrons. The molecule has 1 aliphatic carbocycles. The maximum Gasteiger partial charge on any atom is 0.551 e. The van der Waals surface area contributed by atoms with Gasteiger partial charge in [0, 0.05) is 6.04 Å². The fourth-order valence-electron chi connectivity index (χ4n) is 2.39. The van der Waals surface area contributed by atoms with Crippen LogP contribution in [0.25, 0.3) is 0 Å². The van der Waals surface area contributed by atoms with Crippen molar-refractivity contribution < 1.29 is 18.3 Å². The highest BCUT2D eigenvalue weighted by Crippen LogP contribution is 2.41. The number of nitrogens with two attached hydrogens (primary N) is 3. The second kappa shape index (κ2) is 5.06. The molecule has 1 aliphatic heterocycles. The molecule has 0 spiro atoms. The Hall–Kier alpha value is -0.0631. The van der Waals surface area contributed by atoms with Crippen LogP contribution in [0.2, 0.25) is 6.04 Å². The molecule has 2 rings (SSSR count). The zero-order chi connectivity index (χ0) is 11.6. The van der Waals surface area contributed by atoms with E-state index in [9.17, 15) is 0 Å². The van der Waals surface area contributed by atoms with Crippen molar-refractivity contribution in [2.75, 3.05) is 0 Å². The molecule has 6 N–H and O–H groups in total. The van der Waals surface area contributed by atoms with Gasteiger partial charge in [-0.05, 0) is 31.6 Å². The van der Waals surface area contributed by atoms with Crippen molar-refractivity contribution >= 4 is 8.80 Å². The highest BCUT2D eigenvalue weighted by molar-refractivity contribution is 6.60. The van der Waals surface area contributed by atoms with Crippen molar-refractivity contribution in [1.29, 1.82) is 0 Å². The normalized spacial score (nSPS) is 33.6. The van der Waals surface area contributed by atoms with Gasteiger partial charge >= 0.3 is 8.80 Å². The lowest BCUT2D eigenvalue weighted by molar-refractivity contribution is 0.0568. The minimum absolute atomic E-state index is 0.464. The highest BCUT2D eigenvalue weighted by atomic mass is 28.4. The zero-order valence-electron chi connectivity index (χ0n) is 9.13. The summed E-state index contributed by atoms with van der Waals surface area (Å²) in [7, 11) is -3.02. The molecular weight excluding hydrogens is 230 g/mol. The van der Waals surface area contributed by atoms with Gasteiger partial charge in [-0.3, -0.25) is 13.6 Å². The molecule has 0 aromatic rings. The summed E-state index contributed by atoms with van der Waals surface area (Å²) < 4.78 is 19.5. The molecule has 8 heteroatoms. The van der Waals surface area contributed by atoms with Crippen LogP contribution in [0, 0.1) is 5.92 Å². The van der Waals surface area contributed by atoms with E-state index in [0.717, 1.165) is 25.7 Å². The van der Waals surface area contributed by atoms with Crippen molar-refractivity contribution in [2.45, 2.75) is 43.9 Å². The highest BCUT2D eigenvalue weighted by Gasteiger charge is 2.46. The Morgan fingerprint density at radius 1 is 1.06 bits per heavy atom. The lowest BCUT2D eigenvalue weighted by Crippen LogP contribution is -2.51. The molecule has 0 aromatic heterocycles. The standard InChI is InChI=1S/C8H19N3O4Si/c9-13-16(14-10,15-11)4-3-6-1-2-7-8(5-6)12-7/h6-8H,1-5,9-11H2. The number of ether oxygens (including phenoxy) is 1. The summed E-state index contributed by atoms with van der Waals surface area (Å²) in [4.78, 5) is 0. The molecule has 3 atom stereocenters. The van der Waals surface area contributed by atoms with Crippen LogP contribution in [0.15, 0.2) is 0 Å². The average molecular weight is 249 g/mol. The Morgan fingerprint density at radius 3 is 2.31 bits per heavy atom. The van der Waals surface area contributed by atoms with Crippen LogP contribution in [-0.2, 0) is 18.3 Å². The lowest BCUT2D eigenvalue weighted by Gasteiger charge is -2.25. The topological polar surface area (TPSA) is 118 Å². The zero-order valence-corrected chi connectivity index (χ0v) is 10.1. The maximum absolute atomic E-state index is 5.46. The molecule has 0 amide bonds. The minimum Gasteiger partial charge on any atom is -0.370 e. The molecule has 1 heterocycles. The van der Waals surface area contributed by atoms with Gasteiger partial charge in [0.15, 0.2) is 0 Å². The van der Waals surface area contributed by atoms with E-state index in [1.807, 2.05) is 0 Å². The van der Waals surface area contributed by atoms with Crippen molar-refractivity contribution in [3.05, 3.63) is 0 Å². The lowest BCUT2D eigenvalue weighted by atomic mass is 9.88. The van der Waals surface area contributed by atoms with Gasteiger partial charge in [0.1, 0.15) is 0 Å². The molecular formula is C8H19N3O4Si. The number of rotatable bonds is 6. The third-order valence-electron chi connectivity index (χ3n) is 3.51. The molecule has 3 unspecified atom stereocenters. The number of epoxide rings is 1. The van der Waals surface area contributed by atoms with E-state index in [2.05, 4.69) is 13.6 Å². The van der Waals surface area contributed by atoms with E-state index >= 15 is 0 Å². The Labute approximate surface area is 95.4 Å². The van der Waals surface area contributed by atoms with Crippen molar-refractivity contribution in [3.8, 4) is 0 Å². The number of hydrogen-bond donors (Lipinski definition) is 3. The molecule has 2 fully saturated rings. The Morgan fingerprint density at radius 2 is 1.75 bits per heavy atom. The summed E-state index contributed by atoms with van der Waals surface area (Å²) in [5.74, 6) is 15.9. The van der Waals surface area contributed by atoms with Gasteiger partial charge < -0.3 is 4.74 Å². The summed E-state index contributed by atoms with van der Waals surface area (Å²) in [6.07, 6.45) is 5.26. The Bertz CT molecular complexity index is 233. The van der Waals surface area contributed by atoms with Crippen LogP contribution in [0.5, 0.6) is 0 Å². The predicted molar refractivity (Wildman–Crippen MR) is 57.0 cm³/mol. The van der Waals surface area contributed by atoms with Crippen molar-refractivity contribution in [1.82, 2.24) is 0 Å². The molecule has 1 saturated heterocycles. The summed E-state index contributed by atoms with van der Waals surface area (Å²) in [5, 5.41) is 0. The van der Waals surface area contributed by atoms with Gasteiger partial charge in [0.25, 0.3) is 0 Å². The van der Waals surface area contributed by atoms with Gasteiger partial charge in [0.2, 0.25) is 0 Å². The molecule has 1 saturated carbocycles. The average Bonchev–Trinajstić information content (AvgIpc) is 3.10. The second-order valence-corrected chi connectivity index (χ2v) is 7.04. The summed E-state index contributed by atoms with van der Waals surface area (Å²) in [6, 6.07) is 0.540. The van der Waals surface area contributed by atoms with E-state index in [1.165, 1.54) is 0 Å². The number of hydrogen-bond acceptors (Lipinski definition) is 7. The molecule has 7 nitrogen and oxygen atoms in total. The third kappa shape index (κ3) is 2.60. The number of fused-ring (bicyclic) bond motifs is 1. The van der Waals surface area contributed by atoms with Crippen molar-refractivity contribution in [3.63, 3.8) is 0 Å². The van der Waals surface area contributed by atoms with Gasteiger partial charge in [-0.2, -0.15) is 0 Å². The first-order chi connectivity index (χ1) is 7.73.